The fourth-order valence-electron chi connectivity index (χ4n) is 3.43. The normalized spacial score (nSPS) is 13.6. The highest BCUT2D eigenvalue weighted by molar-refractivity contribution is 6.31. The molecule has 2 aromatic carbocycles. The first kappa shape index (κ1) is 19.3. The summed E-state index contributed by atoms with van der Waals surface area (Å²) >= 11 is 5.83. The summed E-state index contributed by atoms with van der Waals surface area (Å²) in [4.78, 5) is 14.2. The number of halogens is 4. The van der Waals surface area contributed by atoms with Crippen molar-refractivity contribution in [3.05, 3.63) is 75.7 Å². The number of carbonyl (C=O) groups excluding carboxylic acids is 1. The summed E-state index contributed by atoms with van der Waals surface area (Å²) in [7, 11) is 1.41. The number of aromatic nitrogens is 2. The van der Waals surface area contributed by atoms with Crippen molar-refractivity contribution in [2.45, 2.75) is 13.0 Å². The number of hydrogen-bond acceptors (Lipinski definition) is 3. The van der Waals surface area contributed by atoms with Gasteiger partial charge in [-0.1, -0.05) is 17.7 Å². The third-order valence-electron chi connectivity index (χ3n) is 4.78. The highest BCUT2D eigenvalue weighted by atomic mass is 35.5. The number of ether oxygens (including phenoxy) is 1. The average Bonchev–Trinajstić information content (AvgIpc) is 3.05. The van der Waals surface area contributed by atoms with E-state index in [1.54, 1.807) is 6.07 Å². The lowest BCUT2D eigenvalue weighted by Crippen LogP contribution is -2.38. The predicted molar refractivity (Wildman–Crippen MR) is 101 cm³/mol. The number of methoxy groups -OCH3 is 1. The molecule has 4 rings (SSSR count). The van der Waals surface area contributed by atoms with Crippen LogP contribution in [0.3, 0.4) is 0 Å². The number of carbonyl (C=O) groups is 1. The molecule has 0 N–H and O–H groups in total. The molecule has 9 heteroatoms. The van der Waals surface area contributed by atoms with Crippen molar-refractivity contribution in [3.63, 3.8) is 0 Å². The first-order valence-electron chi connectivity index (χ1n) is 8.74. The highest BCUT2D eigenvalue weighted by Crippen LogP contribution is 2.33. The van der Waals surface area contributed by atoms with Gasteiger partial charge in [0.2, 0.25) is 5.88 Å². The van der Waals surface area contributed by atoms with Gasteiger partial charge >= 0.3 is 0 Å². The molecule has 0 fully saturated rings. The van der Waals surface area contributed by atoms with Crippen molar-refractivity contribution < 1.29 is 22.7 Å². The van der Waals surface area contributed by atoms with Crippen LogP contribution in [0.25, 0.3) is 0 Å². The maximum Gasteiger partial charge on any atom is 0.279 e. The zero-order valence-electron chi connectivity index (χ0n) is 15.3. The summed E-state index contributed by atoms with van der Waals surface area (Å²) in [6, 6.07) is 7.51. The number of hydrogen-bond donors (Lipinski definition) is 0. The minimum atomic E-state index is -0.695. The fraction of sp³-hybridized carbons (Fsp3) is 0.200. The molecule has 29 heavy (non-hydrogen) atoms. The molecule has 0 spiro atoms. The van der Waals surface area contributed by atoms with Gasteiger partial charge < -0.3 is 9.64 Å². The summed E-state index contributed by atoms with van der Waals surface area (Å²) in [6.45, 7) is 0.0675. The third-order valence-corrected chi connectivity index (χ3v) is 5.07. The fourth-order valence-corrected chi connectivity index (χ4v) is 3.60. The Morgan fingerprint density at radius 1 is 1.21 bits per heavy atom. The maximum absolute atomic E-state index is 14.4. The summed E-state index contributed by atoms with van der Waals surface area (Å²) < 4.78 is 48.6. The Hall–Kier alpha value is -3.00. The van der Waals surface area contributed by atoms with Crippen LogP contribution in [-0.4, -0.2) is 29.3 Å². The molecule has 3 aromatic rings. The van der Waals surface area contributed by atoms with Gasteiger partial charge in [0.05, 0.1) is 24.4 Å². The van der Waals surface area contributed by atoms with Crippen LogP contribution in [0.15, 0.2) is 36.4 Å². The molecule has 1 amide bonds. The molecule has 0 aliphatic carbocycles. The van der Waals surface area contributed by atoms with E-state index < -0.39 is 23.4 Å². The number of anilines is 1. The second kappa shape index (κ2) is 7.44. The maximum atomic E-state index is 14.4. The van der Waals surface area contributed by atoms with Crippen LogP contribution >= 0.6 is 11.6 Å². The van der Waals surface area contributed by atoms with Gasteiger partial charge in [-0.3, -0.25) is 4.79 Å². The SMILES string of the molecule is COc1c2c(nn1Cc1cc(F)ccc1F)C(=O)N(c1cccc(Cl)c1F)CC2. The lowest BCUT2D eigenvalue weighted by atomic mass is 10.1. The van der Waals surface area contributed by atoms with Gasteiger partial charge in [0.25, 0.3) is 5.91 Å². The molecule has 0 atom stereocenters. The highest BCUT2D eigenvalue weighted by Gasteiger charge is 2.34. The van der Waals surface area contributed by atoms with Gasteiger partial charge in [0.1, 0.15) is 11.6 Å². The van der Waals surface area contributed by atoms with Crippen molar-refractivity contribution in [2.75, 3.05) is 18.6 Å². The first-order valence-corrected chi connectivity index (χ1v) is 9.12. The minimum Gasteiger partial charge on any atom is -0.481 e. The zero-order chi connectivity index (χ0) is 20.7. The van der Waals surface area contributed by atoms with Crippen LogP contribution in [0.2, 0.25) is 5.02 Å². The smallest absolute Gasteiger partial charge is 0.279 e. The van der Waals surface area contributed by atoms with Gasteiger partial charge in [-0.25, -0.2) is 17.9 Å². The summed E-state index contributed by atoms with van der Waals surface area (Å²) in [6.07, 6.45) is 0.349. The van der Waals surface area contributed by atoms with Gasteiger partial charge in [-0.05, 0) is 36.8 Å². The van der Waals surface area contributed by atoms with Gasteiger partial charge in [-0.15, -0.1) is 0 Å². The van der Waals surface area contributed by atoms with Crippen molar-refractivity contribution in [2.24, 2.45) is 0 Å². The molecule has 1 aliphatic heterocycles. The molecule has 0 saturated heterocycles. The van der Waals surface area contributed by atoms with E-state index >= 15 is 0 Å². The van der Waals surface area contributed by atoms with E-state index in [1.165, 1.54) is 28.8 Å². The quantitative estimate of drug-likeness (QED) is 0.634. The van der Waals surface area contributed by atoms with Crippen molar-refractivity contribution in [1.82, 2.24) is 9.78 Å². The van der Waals surface area contributed by atoms with E-state index in [0.29, 0.717) is 12.0 Å². The summed E-state index contributed by atoms with van der Waals surface area (Å²) in [5.74, 6) is -2.13. The van der Waals surface area contributed by atoms with E-state index in [0.717, 1.165) is 18.2 Å². The Morgan fingerprint density at radius 2 is 2.00 bits per heavy atom. The number of nitrogens with zero attached hydrogens (tertiary/aromatic N) is 3. The molecule has 1 aromatic heterocycles. The molecule has 2 heterocycles. The molecule has 0 radical (unpaired) electrons. The average molecular weight is 422 g/mol. The summed E-state index contributed by atoms with van der Waals surface area (Å²) in [5.41, 5.74) is 0.725. The van der Waals surface area contributed by atoms with Crippen LogP contribution < -0.4 is 9.64 Å². The Labute approximate surface area is 169 Å². The lowest BCUT2D eigenvalue weighted by molar-refractivity contribution is 0.0974. The van der Waals surface area contributed by atoms with E-state index in [-0.39, 0.29) is 40.9 Å². The van der Waals surface area contributed by atoms with Crippen molar-refractivity contribution in [1.29, 1.82) is 0 Å². The first-order chi connectivity index (χ1) is 13.9. The molecular weight excluding hydrogens is 407 g/mol. The molecule has 0 saturated carbocycles. The van der Waals surface area contributed by atoms with E-state index in [2.05, 4.69) is 5.10 Å². The Bertz CT molecular complexity index is 1120. The molecule has 0 unspecified atom stereocenters. The number of benzene rings is 2. The van der Waals surface area contributed by atoms with Gasteiger partial charge in [-0.2, -0.15) is 5.10 Å². The Morgan fingerprint density at radius 3 is 2.76 bits per heavy atom. The van der Waals surface area contributed by atoms with Crippen LogP contribution in [0.5, 0.6) is 5.88 Å². The van der Waals surface area contributed by atoms with Crippen LogP contribution in [0.1, 0.15) is 21.6 Å². The second-order valence-corrected chi connectivity index (χ2v) is 6.92. The minimum absolute atomic E-state index is 0.0536. The molecular formula is C20H15ClF3N3O2. The van der Waals surface area contributed by atoms with Gasteiger partial charge in [0.15, 0.2) is 11.5 Å². The van der Waals surface area contributed by atoms with Gasteiger partial charge in [0, 0.05) is 17.7 Å². The van der Waals surface area contributed by atoms with E-state index in [1.807, 2.05) is 0 Å². The second-order valence-electron chi connectivity index (χ2n) is 6.51. The topological polar surface area (TPSA) is 47.4 Å². The standard InChI is InChI=1S/C20H15ClF3N3O2/c1-29-20-13-7-8-26(16-4-2-3-14(21)17(16)24)19(28)18(13)25-27(20)10-11-9-12(22)5-6-15(11)23/h2-6,9H,7-8,10H2,1H3. The van der Waals surface area contributed by atoms with Crippen LogP contribution in [0.4, 0.5) is 18.9 Å². The van der Waals surface area contributed by atoms with E-state index in [9.17, 15) is 18.0 Å². The molecule has 1 aliphatic rings. The third kappa shape index (κ3) is 3.33. The lowest BCUT2D eigenvalue weighted by Gasteiger charge is -2.26. The monoisotopic (exact) mass is 421 g/mol. The van der Waals surface area contributed by atoms with Crippen molar-refractivity contribution >= 4 is 23.2 Å². The van der Waals surface area contributed by atoms with Crippen molar-refractivity contribution in [3.8, 4) is 5.88 Å². The molecule has 5 nitrogen and oxygen atoms in total. The van der Waals surface area contributed by atoms with Crippen LogP contribution in [0, 0.1) is 17.5 Å². The largest absolute Gasteiger partial charge is 0.481 e. The molecule has 0 bridgehead atoms. The summed E-state index contributed by atoms with van der Waals surface area (Å²) in [5, 5.41) is 4.16. The Balaban J connectivity index is 1.73. The number of fused-ring (bicyclic) bond motifs is 1. The predicted octanol–water partition coefficient (Wildman–Crippen LogP) is 4.21. The Kier molecular flexibility index (Phi) is 4.96. The molecule has 150 valence electrons. The number of rotatable bonds is 4. The van der Waals surface area contributed by atoms with Crippen LogP contribution in [-0.2, 0) is 13.0 Å². The zero-order valence-corrected chi connectivity index (χ0v) is 16.0. The number of amides is 1. The van der Waals surface area contributed by atoms with E-state index in [4.69, 9.17) is 16.3 Å².